The number of nitrogens with zero attached hydrogens (tertiary/aromatic N) is 6. The third kappa shape index (κ3) is 28.3. The number of hydrogen-bond acceptors (Lipinski definition) is 21. The van der Waals surface area contributed by atoms with E-state index in [1.807, 2.05) is 44.2 Å². The van der Waals surface area contributed by atoms with Crippen molar-refractivity contribution in [3.8, 4) is 5.75 Å². The van der Waals surface area contributed by atoms with E-state index in [-0.39, 0.29) is 107 Å². The largest absolute Gasteiger partial charge is 0.508 e. The Hall–Kier alpha value is -12.0. The summed E-state index contributed by atoms with van der Waals surface area (Å²) in [7, 11) is 4.09. The highest BCUT2D eigenvalue weighted by molar-refractivity contribution is 8.00. The van der Waals surface area contributed by atoms with E-state index in [0.29, 0.717) is 77.3 Å². The molecule has 3 aromatic carbocycles. The van der Waals surface area contributed by atoms with Crippen LogP contribution in [0.2, 0.25) is 0 Å². The number of unbranched alkanes of at least 4 members (excludes halogenated alkanes) is 2. The number of aromatic hydroxyl groups is 1. The number of aromatic amines is 2. The number of aliphatic hydroxyl groups excluding tert-OH is 1. The van der Waals surface area contributed by atoms with Gasteiger partial charge in [0.1, 0.15) is 72.2 Å². The molecule has 0 unspecified atom stereocenters. The number of fused-ring (bicyclic) bond motifs is 4. The van der Waals surface area contributed by atoms with Gasteiger partial charge >= 0.3 is 0 Å². The molecular formula is C92H131N19O19S. The number of likely N-dealkylation sites (tertiary alicyclic amines) is 1. The lowest BCUT2D eigenvalue weighted by atomic mass is 9.90. The number of phenolic OH excluding ortho intramolecular Hbond substituents is 1. The van der Waals surface area contributed by atoms with Gasteiger partial charge in [-0.1, -0.05) is 116 Å². The highest BCUT2D eigenvalue weighted by atomic mass is 32.2. The molecule has 0 radical (unpaired) electrons. The van der Waals surface area contributed by atoms with Crippen molar-refractivity contribution in [1.29, 1.82) is 0 Å². The molecule has 0 spiro atoms. The van der Waals surface area contributed by atoms with Crippen molar-refractivity contribution >= 4 is 134 Å². The monoisotopic (exact) mass is 1840 g/mol. The highest BCUT2D eigenvalue weighted by Gasteiger charge is 2.46. The summed E-state index contributed by atoms with van der Waals surface area (Å²) in [5.41, 5.74) is 15.0. The van der Waals surface area contributed by atoms with Crippen LogP contribution in [0.25, 0.3) is 21.8 Å². The summed E-state index contributed by atoms with van der Waals surface area (Å²) >= 11 is 0.853. The minimum absolute atomic E-state index is 0.00897. The van der Waals surface area contributed by atoms with E-state index in [9.17, 15) is 58.2 Å². The molecule has 0 bridgehead atoms. The van der Waals surface area contributed by atoms with Crippen LogP contribution < -0.4 is 59.3 Å². The zero-order valence-electron chi connectivity index (χ0n) is 76.5. The van der Waals surface area contributed by atoms with Gasteiger partial charge in [-0.2, -0.15) is 0 Å². The number of aliphatic hydroxyl groups is 1. The number of nitrogens with two attached hydrogens (primary N) is 2. The summed E-state index contributed by atoms with van der Waals surface area (Å²) in [5, 5.41) is 47.4. The number of Topliss-reactive ketones (excluding diaryl/α,β-unsaturated/α-hetero) is 1. The molecule has 714 valence electrons. The van der Waals surface area contributed by atoms with E-state index in [4.69, 9.17) is 11.5 Å². The number of primary amides is 1. The Balaban J connectivity index is 1.07. The Labute approximate surface area is 766 Å². The summed E-state index contributed by atoms with van der Waals surface area (Å²) in [4.78, 5) is 264. The number of likely N-dealkylation sites (N-methyl/N-ethyl adjacent to an activating group) is 3. The average molecular weight is 1840 g/mol. The second-order valence-electron chi connectivity index (χ2n) is 35.5. The quantitative estimate of drug-likeness (QED) is 0.0454. The zero-order valence-corrected chi connectivity index (χ0v) is 77.3. The van der Waals surface area contributed by atoms with Crippen LogP contribution in [0.15, 0.2) is 85.2 Å². The molecule has 0 saturated carbocycles. The molecular weight excluding hydrogens is 1710 g/mol. The summed E-state index contributed by atoms with van der Waals surface area (Å²) in [6.45, 7) is 10.9. The van der Waals surface area contributed by atoms with E-state index in [0.717, 1.165) is 39.3 Å². The number of para-hydroxylation sites is 2. The minimum atomic E-state index is -1.74. The molecule has 17 N–H and O–H groups in total. The predicted octanol–water partition coefficient (Wildman–Crippen LogP) is 0.714. The molecule has 14 atom stereocenters. The molecule has 2 aromatic heterocycles. The second kappa shape index (κ2) is 48.8. The van der Waals surface area contributed by atoms with Crippen LogP contribution in [0.4, 0.5) is 0 Å². The number of carbonyl (C=O) groups is 17. The fourth-order valence-electron chi connectivity index (χ4n) is 17.2. The van der Waals surface area contributed by atoms with Crippen LogP contribution in [0, 0.1) is 17.8 Å². The summed E-state index contributed by atoms with van der Waals surface area (Å²) < 4.78 is 0. The van der Waals surface area contributed by atoms with Crippen LogP contribution in [-0.4, -0.2) is 307 Å². The number of aromatic nitrogens is 2. The molecule has 131 heavy (non-hydrogen) atoms. The maximum atomic E-state index is 15.6. The first-order valence-electron chi connectivity index (χ1n) is 45.4. The number of amides is 16. The SMILES string of the molecule is CCCC[C@H]1C(=O)N(C)[C@@H](CCCC)C(=O)N[C@@H](CC(C)C)C(=O)N[C@H](C(=O)NCC(=O)N2CCCC2)CSCC(=O)N[C@@H](Cc2ccc(O)cc2)C(=O)N(C)[C@@H](C)C(=O)N[C@@H](CC(N)=O)C(=O)N2CCC[C@H]2C(=O)N[C@@H](CN)C(=O)N[C@@H](CC(C)C)C(=O)N2C[C@H](O)C[C@H]2C(=O)C[C@@H](Cc2c[nH]c3ccccc23)C(=O)NCC(=O)N[C@@H](Cc2c[nH]c3ccccc23)C(=O)N1C. The molecule has 5 aromatic rings. The van der Waals surface area contributed by atoms with Crippen molar-refractivity contribution in [2.45, 2.75) is 243 Å². The summed E-state index contributed by atoms with van der Waals surface area (Å²) in [5.74, 6) is -16.6. The number of H-pyrrole nitrogens is 2. The van der Waals surface area contributed by atoms with E-state index >= 15 is 33.6 Å². The summed E-state index contributed by atoms with van der Waals surface area (Å²) in [6.07, 6.45) is 3.75. The van der Waals surface area contributed by atoms with Gasteiger partial charge in [0.25, 0.3) is 0 Å². The van der Waals surface area contributed by atoms with Crippen molar-refractivity contribution in [3.05, 3.63) is 102 Å². The number of hydrogen-bond donors (Lipinski definition) is 15. The third-order valence-electron chi connectivity index (χ3n) is 24.7. The van der Waals surface area contributed by atoms with Gasteiger partial charge in [0.05, 0.1) is 37.4 Å². The predicted molar refractivity (Wildman–Crippen MR) is 489 cm³/mol. The Kier molecular flexibility index (Phi) is 38.2. The average Bonchev–Trinajstić information content (AvgIpc) is 1.64. The Bertz CT molecular complexity index is 4900. The van der Waals surface area contributed by atoms with E-state index in [1.54, 1.807) is 63.2 Å². The first-order valence-corrected chi connectivity index (χ1v) is 46.6. The molecule has 4 aliphatic heterocycles. The van der Waals surface area contributed by atoms with Crippen LogP contribution in [-0.2, 0) is 101 Å². The summed E-state index contributed by atoms with van der Waals surface area (Å²) in [6, 6.07) is 2.96. The number of carbonyl (C=O) groups excluding carboxylic acids is 17. The van der Waals surface area contributed by atoms with Crippen molar-refractivity contribution in [2.75, 3.05) is 78.5 Å². The zero-order chi connectivity index (χ0) is 95.6. The molecule has 16 amide bonds. The van der Waals surface area contributed by atoms with Gasteiger partial charge in [0.15, 0.2) is 5.78 Å². The first kappa shape index (κ1) is 103. The molecule has 0 aliphatic carbocycles. The van der Waals surface area contributed by atoms with Crippen LogP contribution in [0.3, 0.4) is 0 Å². The number of benzene rings is 3. The lowest BCUT2D eigenvalue weighted by molar-refractivity contribution is -0.149. The number of ketones is 1. The van der Waals surface area contributed by atoms with Crippen LogP contribution in [0.1, 0.15) is 161 Å². The van der Waals surface area contributed by atoms with Gasteiger partial charge in [-0.15, -0.1) is 11.8 Å². The molecule has 4 fully saturated rings. The van der Waals surface area contributed by atoms with Crippen LogP contribution >= 0.6 is 11.8 Å². The lowest BCUT2D eigenvalue weighted by Crippen LogP contribution is -2.61. The fraction of sp³-hybridized carbons (Fsp3) is 0.576. The lowest BCUT2D eigenvalue weighted by Gasteiger charge is -2.36. The molecule has 4 aliphatic rings. The standard InChI is InChI=1S/C92H131N19O19S/c1-11-13-26-72-86(124)101-65(36-52(3)4)84(122)105-71(83(121)98-48-80(118)109-33-19-20-34-109)50-131-51-79(117)100-67(38-55-29-31-59(112)32-30-55)88(126)106(8)54(7)81(119)102-69(43-77(94)115)90(128)110-35-21-28-73(110)87(125)104-70(44-93)85(123)103-66(37-53(5)6)91(129)111-49-60(113)42-75(111)76(114)41-56(39-57-45-95-63-24-17-15-22-61(57)63)82(120)97-47-78(116)99-68(40-58-46-96-64-25-18-16-23-62(58)64)89(127)108(10)74(27-14-12-2)92(130)107(72)9/h15-18,22-25,29-32,45-46,52-54,56,60,65-75,95-96,112-113H,11-14,19-21,26-28,33-44,47-51,93H2,1-10H3,(H2,94,115)(H,97,120)(H,98,121)(H,99,116)(H,100,117)(H,101,124)(H,102,119)(H,103,123)(H,104,125)(H,105,122)/t54-,56+,60+,65-,66-,67-,68-,69-,70-,71-,72-,73-,74-,75-/m0/s1. The molecule has 9 rings (SSSR count). The van der Waals surface area contributed by atoms with Gasteiger partial charge in [-0.05, 0) is 118 Å². The molecule has 6 heterocycles. The normalized spacial score (nSPS) is 25.4. The number of thioether (sulfide) groups is 1. The van der Waals surface area contributed by atoms with E-state index < -0.39 is 217 Å². The molecule has 4 saturated heterocycles. The van der Waals surface area contributed by atoms with Crippen molar-refractivity contribution in [1.82, 2.24) is 87.2 Å². The van der Waals surface area contributed by atoms with Gasteiger partial charge < -0.3 is 109 Å². The van der Waals surface area contributed by atoms with Gasteiger partial charge in [-0.3, -0.25) is 81.5 Å². The maximum Gasteiger partial charge on any atom is 0.246 e. The van der Waals surface area contributed by atoms with Gasteiger partial charge in [0.2, 0.25) is 94.5 Å². The minimum Gasteiger partial charge on any atom is -0.508 e. The van der Waals surface area contributed by atoms with E-state index in [1.165, 1.54) is 62.1 Å². The van der Waals surface area contributed by atoms with Crippen molar-refractivity contribution in [3.63, 3.8) is 0 Å². The Morgan fingerprint density at radius 2 is 1.11 bits per heavy atom. The number of phenols is 1. The Morgan fingerprint density at radius 3 is 1.73 bits per heavy atom. The van der Waals surface area contributed by atoms with Crippen LogP contribution in [0.5, 0.6) is 5.75 Å². The van der Waals surface area contributed by atoms with Gasteiger partial charge in [-0.25, -0.2) is 0 Å². The third-order valence-corrected chi connectivity index (χ3v) is 25.7. The maximum absolute atomic E-state index is 15.6. The first-order chi connectivity index (χ1) is 62.4. The fourth-order valence-corrected chi connectivity index (χ4v) is 18.1. The number of rotatable bonds is 22. The van der Waals surface area contributed by atoms with E-state index in [2.05, 4.69) is 57.8 Å². The van der Waals surface area contributed by atoms with Crippen molar-refractivity contribution in [2.24, 2.45) is 29.2 Å². The Morgan fingerprint density at radius 1 is 0.557 bits per heavy atom. The molecule has 39 heteroatoms. The van der Waals surface area contributed by atoms with Gasteiger partial charge in [0, 0.05) is 125 Å². The topological polar surface area (TPSA) is 542 Å². The van der Waals surface area contributed by atoms with Crippen molar-refractivity contribution < 1.29 is 91.7 Å². The highest BCUT2D eigenvalue weighted by Crippen LogP contribution is 2.30. The smallest absolute Gasteiger partial charge is 0.246 e. The molecule has 38 nitrogen and oxygen atoms in total. The second-order valence-corrected chi connectivity index (χ2v) is 36.6. The number of nitrogens with one attached hydrogen (secondary N) is 11.